The van der Waals surface area contributed by atoms with Gasteiger partial charge in [-0.2, -0.15) is 0 Å². The molecule has 3 rings (SSSR count). The van der Waals surface area contributed by atoms with Crippen LogP contribution in [-0.2, 0) is 10.0 Å². The summed E-state index contributed by atoms with van der Waals surface area (Å²) in [5, 5.41) is 0. The summed E-state index contributed by atoms with van der Waals surface area (Å²) in [7, 11) is -3.48. The number of piperazine rings is 1. The molecule has 1 saturated heterocycles. The van der Waals surface area contributed by atoms with E-state index in [9.17, 15) is 8.42 Å². The molecule has 0 saturated carbocycles. The molecule has 1 aliphatic rings. The van der Waals surface area contributed by atoms with Crippen LogP contribution in [0.5, 0.6) is 0 Å². The van der Waals surface area contributed by atoms with Gasteiger partial charge in [0.1, 0.15) is 0 Å². The molecule has 158 valence electrons. The van der Waals surface area contributed by atoms with Crippen molar-refractivity contribution in [2.75, 3.05) is 37.6 Å². The van der Waals surface area contributed by atoms with Gasteiger partial charge in [-0.15, -0.1) is 0 Å². The fourth-order valence-electron chi connectivity index (χ4n) is 3.67. The van der Waals surface area contributed by atoms with Gasteiger partial charge < -0.3 is 4.90 Å². The average molecular weight is 416 g/mol. The van der Waals surface area contributed by atoms with Gasteiger partial charge in [0, 0.05) is 37.9 Å². The van der Waals surface area contributed by atoms with Gasteiger partial charge in [0.2, 0.25) is 10.0 Å². The van der Waals surface area contributed by atoms with E-state index in [4.69, 9.17) is 0 Å². The maximum absolute atomic E-state index is 12.6. The Balaban J connectivity index is 1.45. The molecule has 1 fully saturated rings. The Kier molecular flexibility index (Phi) is 7.33. The molecular weight excluding hydrogens is 382 g/mol. The van der Waals surface area contributed by atoms with Crippen molar-refractivity contribution in [1.29, 1.82) is 0 Å². The monoisotopic (exact) mass is 415 g/mol. The van der Waals surface area contributed by atoms with E-state index in [1.54, 1.807) is 12.1 Å². The predicted molar refractivity (Wildman–Crippen MR) is 120 cm³/mol. The fraction of sp³-hybridized carbons (Fsp3) is 0.478. The summed E-state index contributed by atoms with van der Waals surface area (Å²) in [5.41, 5.74) is 2.42. The highest BCUT2D eigenvalue weighted by Gasteiger charge is 2.20. The molecule has 0 aliphatic carbocycles. The average Bonchev–Trinajstić information content (AvgIpc) is 2.73. The molecule has 1 unspecified atom stereocenters. The maximum atomic E-state index is 12.6. The lowest BCUT2D eigenvalue weighted by molar-refractivity contribution is 0.248. The van der Waals surface area contributed by atoms with E-state index in [1.807, 2.05) is 25.1 Å². The van der Waals surface area contributed by atoms with Crippen molar-refractivity contribution in [3.05, 3.63) is 60.2 Å². The first-order chi connectivity index (χ1) is 13.8. The number of sulfonamides is 1. The minimum absolute atomic E-state index is 0.100. The zero-order valence-corrected chi connectivity index (χ0v) is 18.5. The third-order valence-corrected chi connectivity index (χ3v) is 7.19. The standard InChI is InChI=1S/C23H33N3O2S/c1-19(2)21-9-11-23(12-10-21)29(27,28)24-20(3)13-14-25-15-17-26(18-16-25)22-7-5-4-6-8-22/h4-12,19-20,24H,13-18H2,1-3H3. The van der Waals surface area contributed by atoms with Crippen LogP contribution < -0.4 is 9.62 Å². The van der Waals surface area contributed by atoms with E-state index < -0.39 is 10.0 Å². The Morgan fingerprint density at radius 2 is 1.52 bits per heavy atom. The molecule has 5 nitrogen and oxygen atoms in total. The number of nitrogens with zero attached hydrogens (tertiary/aromatic N) is 2. The highest BCUT2D eigenvalue weighted by atomic mass is 32.2. The van der Waals surface area contributed by atoms with Gasteiger partial charge in [-0.05, 0) is 55.6 Å². The smallest absolute Gasteiger partial charge is 0.240 e. The lowest BCUT2D eigenvalue weighted by Crippen LogP contribution is -2.47. The number of para-hydroxylation sites is 1. The minimum atomic E-state index is -3.48. The van der Waals surface area contributed by atoms with E-state index in [1.165, 1.54) is 5.69 Å². The predicted octanol–water partition coefficient (Wildman–Crippen LogP) is 3.69. The van der Waals surface area contributed by atoms with Crippen LogP contribution in [0.3, 0.4) is 0 Å². The maximum Gasteiger partial charge on any atom is 0.240 e. The highest BCUT2D eigenvalue weighted by Crippen LogP contribution is 2.18. The molecule has 29 heavy (non-hydrogen) atoms. The SMILES string of the molecule is CC(CCN1CCN(c2ccccc2)CC1)NS(=O)(=O)c1ccc(C(C)C)cc1. The topological polar surface area (TPSA) is 52.6 Å². The Hall–Kier alpha value is -1.89. The van der Waals surface area contributed by atoms with Crippen LogP contribution in [0.25, 0.3) is 0 Å². The summed E-state index contributed by atoms with van der Waals surface area (Å²) in [6, 6.07) is 17.6. The molecular formula is C23H33N3O2S. The van der Waals surface area contributed by atoms with Crippen molar-refractivity contribution in [1.82, 2.24) is 9.62 Å². The third-order valence-electron chi connectivity index (χ3n) is 5.59. The molecule has 1 aliphatic heterocycles. The number of nitrogens with one attached hydrogen (secondary N) is 1. The van der Waals surface area contributed by atoms with Crippen LogP contribution in [0.4, 0.5) is 5.69 Å². The third kappa shape index (κ3) is 6.04. The Morgan fingerprint density at radius 3 is 2.10 bits per heavy atom. The first-order valence-corrected chi connectivity index (χ1v) is 12.0. The van der Waals surface area contributed by atoms with Crippen LogP contribution in [0.15, 0.2) is 59.5 Å². The lowest BCUT2D eigenvalue weighted by Gasteiger charge is -2.36. The second kappa shape index (κ2) is 9.74. The lowest BCUT2D eigenvalue weighted by atomic mass is 10.0. The van der Waals surface area contributed by atoms with Gasteiger partial charge in [-0.3, -0.25) is 4.90 Å². The Morgan fingerprint density at radius 1 is 0.897 bits per heavy atom. The van der Waals surface area contributed by atoms with E-state index in [2.05, 4.69) is 52.6 Å². The van der Waals surface area contributed by atoms with E-state index in [0.29, 0.717) is 10.8 Å². The van der Waals surface area contributed by atoms with Crippen molar-refractivity contribution in [2.24, 2.45) is 0 Å². The van der Waals surface area contributed by atoms with Crippen LogP contribution in [-0.4, -0.2) is 52.1 Å². The summed E-state index contributed by atoms with van der Waals surface area (Å²) in [6.45, 7) is 11.1. The Bertz CT molecular complexity index is 859. The quantitative estimate of drug-likeness (QED) is 0.714. The molecule has 0 amide bonds. The van der Waals surface area contributed by atoms with Crippen molar-refractivity contribution >= 4 is 15.7 Å². The summed E-state index contributed by atoms with van der Waals surface area (Å²) in [4.78, 5) is 5.16. The van der Waals surface area contributed by atoms with Gasteiger partial charge >= 0.3 is 0 Å². The van der Waals surface area contributed by atoms with E-state index >= 15 is 0 Å². The van der Waals surface area contributed by atoms with Crippen molar-refractivity contribution < 1.29 is 8.42 Å². The van der Waals surface area contributed by atoms with Gasteiger partial charge in [-0.1, -0.05) is 44.2 Å². The summed E-state index contributed by atoms with van der Waals surface area (Å²) >= 11 is 0. The first-order valence-electron chi connectivity index (χ1n) is 10.5. The van der Waals surface area contributed by atoms with Gasteiger partial charge in [0.05, 0.1) is 4.90 Å². The van der Waals surface area contributed by atoms with E-state index in [0.717, 1.165) is 44.7 Å². The first kappa shape index (κ1) is 21.8. The van der Waals surface area contributed by atoms with Crippen LogP contribution >= 0.6 is 0 Å². The molecule has 0 bridgehead atoms. The molecule has 2 aromatic carbocycles. The number of rotatable bonds is 8. The Labute approximate surface area is 175 Å². The fourth-order valence-corrected chi connectivity index (χ4v) is 4.95. The molecule has 0 spiro atoms. The molecule has 1 N–H and O–H groups in total. The highest BCUT2D eigenvalue weighted by molar-refractivity contribution is 7.89. The van der Waals surface area contributed by atoms with Gasteiger partial charge in [0.15, 0.2) is 0 Å². The van der Waals surface area contributed by atoms with Crippen LogP contribution in [0.1, 0.15) is 38.7 Å². The van der Waals surface area contributed by atoms with Crippen LogP contribution in [0.2, 0.25) is 0 Å². The number of hydrogen-bond donors (Lipinski definition) is 1. The zero-order chi connectivity index (χ0) is 20.9. The largest absolute Gasteiger partial charge is 0.369 e. The number of benzene rings is 2. The van der Waals surface area contributed by atoms with Gasteiger partial charge in [0.25, 0.3) is 0 Å². The second-order valence-corrected chi connectivity index (χ2v) is 9.91. The normalized spacial score (nSPS) is 16.9. The zero-order valence-electron chi connectivity index (χ0n) is 17.7. The molecule has 2 aromatic rings. The number of anilines is 1. The molecule has 0 radical (unpaired) electrons. The van der Waals surface area contributed by atoms with Crippen molar-refractivity contribution in [3.63, 3.8) is 0 Å². The van der Waals surface area contributed by atoms with Crippen molar-refractivity contribution in [3.8, 4) is 0 Å². The summed E-state index contributed by atoms with van der Waals surface area (Å²) in [6.07, 6.45) is 0.800. The molecule has 1 heterocycles. The molecule has 1 atom stereocenters. The molecule has 6 heteroatoms. The van der Waals surface area contributed by atoms with E-state index in [-0.39, 0.29) is 6.04 Å². The van der Waals surface area contributed by atoms with Crippen LogP contribution in [0, 0.1) is 0 Å². The molecule has 0 aromatic heterocycles. The minimum Gasteiger partial charge on any atom is -0.369 e. The number of hydrogen-bond acceptors (Lipinski definition) is 4. The second-order valence-electron chi connectivity index (χ2n) is 8.20. The van der Waals surface area contributed by atoms with Crippen molar-refractivity contribution in [2.45, 2.75) is 44.0 Å². The van der Waals surface area contributed by atoms with Gasteiger partial charge in [-0.25, -0.2) is 13.1 Å². The summed E-state index contributed by atoms with van der Waals surface area (Å²) in [5.74, 6) is 0.390. The summed E-state index contributed by atoms with van der Waals surface area (Å²) < 4.78 is 28.1.